The second kappa shape index (κ2) is 5.14. The maximum absolute atomic E-state index is 12.5. The molecule has 120 valence electrons. The second-order valence-electron chi connectivity index (χ2n) is 5.67. The molecule has 6 heteroatoms. The molecular formula is C16H20O6. The number of hydrogen-bond donors (Lipinski definition) is 0. The van der Waals surface area contributed by atoms with Crippen LogP contribution in [0.1, 0.15) is 24.7 Å². The first kappa shape index (κ1) is 15.1. The van der Waals surface area contributed by atoms with Crippen LogP contribution in [0.4, 0.5) is 0 Å². The summed E-state index contributed by atoms with van der Waals surface area (Å²) in [6.45, 7) is 4.56. The highest BCUT2D eigenvalue weighted by Crippen LogP contribution is 2.56. The van der Waals surface area contributed by atoms with Gasteiger partial charge in [0, 0.05) is 17.6 Å². The van der Waals surface area contributed by atoms with Crippen molar-refractivity contribution in [3.63, 3.8) is 0 Å². The van der Waals surface area contributed by atoms with Crippen molar-refractivity contribution < 1.29 is 28.2 Å². The zero-order valence-electron chi connectivity index (χ0n) is 13.2. The zero-order valence-corrected chi connectivity index (χ0v) is 13.2. The van der Waals surface area contributed by atoms with Gasteiger partial charge in [-0.2, -0.15) is 0 Å². The van der Waals surface area contributed by atoms with E-state index in [2.05, 4.69) is 0 Å². The van der Waals surface area contributed by atoms with E-state index in [1.807, 2.05) is 19.1 Å². The SMILES string of the molecule is COC(=O)C1(C)C(c2cc(C)c(OC)o2)=CCC12OCCO2. The number of ether oxygens (including phenoxy) is 4. The molecule has 3 rings (SSSR count). The number of aryl methyl sites for hydroxylation is 1. The Balaban J connectivity index is 2.08. The minimum Gasteiger partial charge on any atom is -0.468 e. The van der Waals surface area contributed by atoms with Crippen molar-refractivity contribution in [2.75, 3.05) is 27.4 Å². The Hall–Kier alpha value is -1.79. The number of rotatable bonds is 3. The molecule has 22 heavy (non-hydrogen) atoms. The van der Waals surface area contributed by atoms with Crippen molar-refractivity contribution in [1.29, 1.82) is 0 Å². The molecule has 0 radical (unpaired) electrons. The Labute approximate surface area is 129 Å². The Morgan fingerprint density at radius 1 is 1.27 bits per heavy atom. The van der Waals surface area contributed by atoms with Gasteiger partial charge in [-0.1, -0.05) is 6.08 Å². The van der Waals surface area contributed by atoms with Crippen LogP contribution in [0, 0.1) is 12.3 Å². The molecule has 0 saturated carbocycles. The normalized spacial score (nSPS) is 26.3. The zero-order chi connectivity index (χ0) is 16.0. The molecule has 2 heterocycles. The number of carbonyl (C=O) groups is 1. The van der Waals surface area contributed by atoms with Crippen molar-refractivity contribution in [1.82, 2.24) is 0 Å². The Morgan fingerprint density at radius 3 is 2.50 bits per heavy atom. The lowest BCUT2D eigenvalue weighted by molar-refractivity contribution is -0.217. The molecule has 2 aliphatic rings. The van der Waals surface area contributed by atoms with Crippen LogP contribution in [0.2, 0.25) is 0 Å². The molecule has 6 nitrogen and oxygen atoms in total. The highest BCUT2D eigenvalue weighted by atomic mass is 16.7. The van der Waals surface area contributed by atoms with Crippen LogP contribution in [-0.2, 0) is 19.0 Å². The van der Waals surface area contributed by atoms with Crippen molar-refractivity contribution in [3.05, 3.63) is 23.5 Å². The monoisotopic (exact) mass is 308 g/mol. The van der Waals surface area contributed by atoms with Crippen LogP contribution in [0.25, 0.3) is 5.57 Å². The quantitative estimate of drug-likeness (QED) is 0.798. The lowest BCUT2D eigenvalue weighted by atomic mass is 9.77. The first-order valence-corrected chi connectivity index (χ1v) is 7.20. The molecular weight excluding hydrogens is 288 g/mol. The number of furan rings is 1. The molecule has 1 aliphatic carbocycles. The predicted octanol–water partition coefficient (Wildman–Crippen LogP) is 2.31. The fourth-order valence-corrected chi connectivity index (χ4v) is 3.33. The van der Waals surface area contributed by atoms with E-state index in [4.69, 9.17) is 23.4 Å². The van der Waals surface area contributed by atoms with E-state index < -0.39 is 17.2 Å². The van der Waals surface area contributed by atoms with Gasteiger partial charge < -0.3 is 23.4 Å². The molecule has 1 atom stereocenters. The summed E-state index contributed by atoms with van der Waals surface area (Å²) in [6, 6.07) is 1.85. The average molecular weight is 308 g/mol. The first-order chi connectivity index (χ1) is 10.5. The van der Waals surface area contributed by atoms with Crippen LogP contribution >= 0.6 is 0 Å². The average Bonchev–Trinajstić information content (AvgIpc) is 3.20. The van der Waals surface area contributed by atoms with Crippen molar-refractivity contribution >= 4 is 11.5 Å². The van der Waals surface area contributed by atoms with Gasteiger partial charge in [0.2, 0.25) is 0 Å². The van der Waals surface area contributed by atoms with Crippen LogP contribution < -0.4 is 4.74 Å². The Kier molecular flexibility index (Phi) is 3.53. The molecule has 1 aromatic rings. The van der Waals surface area contributed by atoms with E-state index in [1.54, 1.807) is 14.0 Å². The first-order valence-electron chi connectivity index (χ1n) is 7.20. The summed E-state index contributed by atoms with van der Waals surface area (Å²) in [5.74, 6) is -0.440. The minimum atomic E-state index is -1.09. The summed E-state index contributed by atoms with van der Waals surface area (Å²) in [7, 11) is 2.91. The molecule has 1 spiro atoms. The Bertz CT molecular complexity index is 623. The van der Waals surface area contributed by atoms with Crippen molar-refractivity contribution in [2.24, 2.45) is 5.41 Å². The van der Waals surface area contributed by atoms with Gasteiger partial charge in [0.05, 0.1) is 27.4 Å². The van der Waals surface area contributed by atoms with Crippen LogP contribution in [-0.4, -0.2) is 39.2 Å². The third-order valence-corrected chi connectivity index (χ3v) is 4.55. The molecule has 1 aliphatic heterocycles. The summed E-state index contributed by atoms with van der Waals surface area (Å²) in [6.07, 6.45) is 2.38. The molecule has 0 aromatic carbocycles. The summed E-state index contributed by atoms with van der Waals surface area (Å²) >= 11 is 0. The van der Waals surface area contributed by atoms with E-state index in [0.29, 0.717) is 36.9 Å². The van der Waals surface area contributed by atoms with Gasteiger partial charge >= 0.3 is 5.97 Å². The smallest absolute Gasteiger partial charge is 0.321 e. The van der Waals surface area contributed by atoms with Gasteiger partial charge in [-0.3, -0.25) is 4.79 Å². The summed E-state index contributed by atoms with van der Waals surface area (Å²) in [5.41, 5.74) is 0.473. The number of esters is 1. The van der Waals surface area contributed by atoms with E-state index in [0.717, 1.165) is 5.56 Å². The van der Waals surface area contributed by atoms with E-state index in [-0.39, 0.29) is 0 Å². The molecule has 0 bridgehead atoms. The molecule has 1 fully saturated rings. The highest BCUT2D eigenvalue weighted by Gasteiger charge is 2.64. The lowest BCUT2D eigenvalue weighted by Crippen LogP contribution is -2.50. The summed E-state index contributed by atoms with van der Waals surface area (Å²) in [5, 5.41) is 0. The van der Waals surface area contributed by atoms with Gasteiger partial charge in [-0.25, -0.2) is 0 Å². The number of hydrogen-bond acceptors (Lipinski definition) is 6. The molecule has 1 aromatic heterocycles. The fourth-order valence-electron chi connectivity index (χ4n) is 3.33. The molecule has 1 unspecified atom stereocenters. The molecule has 0 amide bonds. The topological polar surface area (TPSA) is 67.1 Å². The lowest BCUT2D eigenvalue weighted by Gasteiger charge is -2.38. The van der Waals surface area contributed by atoms with Gasteiger partial charge in [-0.05, 0) is 19.9 Å². The summed E-state index contributed by atoms with van der Waals surface area (Å²) in [4.78, 5) is 12.5. The predicted molar refractivity (Wildman–Crippen MR) is 77.3 cm³/mol. The standard InChI is InChI=1S/C16H20O6/c1-10-9-12(22-13(10)18-3)11-5-6-16(20-7-8-21-16)15(11,2)14(17)19-4/h5,9H,6-8H2,1-4H3. The van der Waals surface area contributed by atoms with E-state index in [1.165, 1.54) is 7.11 Å². The summed E-state index contributed by atoms with van der Waals surface area (Å²) < 4.78 is 27.6. The fraction of sp³-hybridized carbons (Fsp3) is 0.562. The van der Waals surface area contributed by atoms with Crippen LogP contribution in [0.3, 0.4) is 0 Å². The number of carbonyl (C=O) groups excluding carboxylic acids is 1. The van der Waals surface area contributed by atoms with Gasteiger partial charge in [-0.15, -0.1) is 0 Å². The van der Waals surface area contributed by atoms with Crippen LogP contribution in [0.15, 0.2) is 16.6 Å². The third kappa shape index (κ3) is 1.84. The maximum Gasteiger partial charge on any atom is 0.321 e. The molecule has 1 saturated heterocycles. The Morgan fingerprint density at radius 2 is 1.95 bits per heavy atom. The maximum atomic E-state index is 12.5. The third-order valence-electron chi connectivity index (χ3n) is 4.55. The molecule has 0 N–H and O–H groups in total. The minimum absolute atomic E-state index is 0.411. The van der Waals surface area contributed by atoms with Crippen molar-refractivity contribution in [2.45, 2.75) is 26.1 Å². The van der Waals surface area contributed by atoms with Gasteiger partial charge in [0.15, 0.2) is 5.79 Å². The largest absolute Gasteiger partial charge is 0.468 e. The van der Waals surface area contributed by atoms with E-state index in [9.17, 15) is 4.79 Å². The number of methoxy groups -OCH3 is 2. The van der Waals surface area contributed by atoms with Gasteiger partial charge in [0.1, 0.15) is 11.2 Å². The van der Waals surface area contributed by atoms with Crippen LogP contribution in [0.5, 0.6) is 5.95 Å². The van der Waals surface area contributed by atoms with Crippen molar-refractivity contribution in [3.8, 4) is 5.95 Å². The van der Waals surface area contributed by atoms with Gasteiger partial charge in [0.25, 0.3) is 5.95 Å². The second-order valence-corrected chi connectivity index (χ2v) is 5.67. The van der Waals surface area contributed by atoms with E-state index >= 15 is 0 Å². The highest BCUT2D eigenvalue weighted by molar-refractivity contribution is 5.95.